The molecular weight excluding hydrogens is 210 g/mol. The molecule has 0 radical (unpaired) electrons. The van der Waals surface area contributed by atoms with Crippen molar-refractivity contribution in [3.63, 3.8) is 0 Å². The Morgan fingerprint density at radius 1 is 1.24 bits per heavy atom. The highest BCUT2D eigenvalue weighted by atomic mass is 16.3. The highest BCUT2D eigenvalue weighted by molar-refractivity contribution is 5.08. The van der Waals surface area contributed by atoms with E-state index in [-0.39, 0.29) is 5.41 Å². The van der Waals surface area contributed by atoms with Crippen LogP contribution in [0.2, 0.25) is 0 Å². The normalized spacial score (nSPS) is 46.9. The molecule has 0 saturated heterocycles. The van der Waals surface area contributed by atoms with Crippen molar-refractivity contribution in [1.29, 1.82) is 0 Å². The second kappa shape index (κ2) is 4.55. The molecule has 0 unspecified atom stereocenters. The van der Waals surface area contributed by atoms with E-state index in [1.54, 1.807) is 0 Å². The van der Waals surface area contributed by atoms with E-state index in [1.165, 1.54) is 12.8 Å². The fourth-order valence-electron chi connectivity index (χ4n) is 4.25. The first-order valence-corrected chi connectivity index (χ1v) is 7.35. The smallest absolute Gasteiger partial charge is 0.0720 e. The molecule has 2 aliphatic rings. The zero-order valence-electron chi connectivity index (χ0n) is 11.7. The minimum atomic E-state index is -0.441. The molecular formula is C15H29NO. The van der Waals surface area contributed by atoms with Gasteiger partial charge in [-0.2, -0.15) is 0 Å². The Hall–Kier alpha value is -0.0800. The maximum Gasteiger partial charge on any atom is 0.0720 e. The molecule has 0 heterocycles. The van der Waals surface area contributed by atoms with Crippen molar-refractivity contribution in [1.82, 2.24) is 0 Å². The molecule has 2 saturated carbocycles. The van der Waals surface area contributed by atoms with E-state index in [0.29, 0.717) is 12.5 Å². The van der Waals surface area contributed by atoms with E-state index in [4.69, 9.17) is 5.73 Å². The van der Waals surface area contributed by atoms with Crippen LogP contribution in [0.15, 0.2) is 0 Å². The second-order valence-electron chi connectivity index (χ2n) is 7.11. The molecule has 2 heteroatoms. The summed E-state index contributed by atoms with van der Waals surface area (Å²) in [7, 11) is 0. The largest absolute Gasteiger partial charge is 0.389 e. The molecule has 0 spiro atoms. The molecule has 2 nitrogen and oxygen atoms in total. The topological polar surface area (TPSA) is 46.2 Å². The van der Waals surface area contributed by atoms with Crippen molar-refractivity contribution in [3.8, 4) is 0 Å². The van der Waals surface area contributed by atoms with Crippen LogP contribution in [0.3, 0.4) is 0 Å². The number of hydrogen-bond acceptors (Lipinski definition) is 2. The van der Waals surface area contributed by atoms with E-state index in [1.807, 2.05) is 0 Å². The predicted octanol–water partition coefficient (Wildman–Crippen LogP) is 2.94. The van der Waals surface area contributed by atoms with Crippen LogP contribution in [0.5, 0.6) is 0 Å². The fraction of sp³-hybridized carbons (Fsp3) is 1.00. The van der Waals surface area contributed by atoms with Gasteiger partial charge in [-0.15, -0.1) is 0 Å². The number of nitrogens with two attached hydrogens (primary N) is 1. The summed E-state index contributed by atoms with van der Waals surface area (Å²) in [5.41, 5.74) is 5.63. The molecule has 0 aromatic rings. The third-order valence-electron chi connectivity index (χ3n) is 5.68. The Bertz CT molecular complexity index is 260. The van der Waals surface area contributed by atoms with Gasteiger partial charge in [-0.3, -0.25) is 0 Å². The van der Waals surface area contributed by atoms with Gasteiger partial charge in [0.2, 0.25) is 0 Å². The third kappa shape index (κ3) is 2.15. The quantitative estimate of drug-likeness (QED) is 0.795. The van der Waals surface area contributed by atoms with Crippen LogP contribution in [0.4, 0.5) is 0 Å². The molecule has 3 N–H and O–H groups in total. The van der Waals surface area contributed by atoms with E-state index >= 15 is 0 Å². The average molecular weight is 239 g/mol. The predicted molar refractivity (Wildman–Crippen MR) is 71.6 cm³/mol. The zero-order valence-corrected chi connectivity index (χ0v) is 11.7. The van der Waals surface area contributed by atoms with Crippen LogP contribution in [-0.2, 0) is 0 Å². The van der Waals surface area contributed by atoms with Crippen LogP contribution in [0, 0.1) is 23.2 Å². The van der Waals surface area contributed by atoms with Gasteiger partial charge in [-0.1, -0.05) is 20.8 Å². The third-order valence-corrected chi connectivity index (χ3v) is 5.68. The van der Waals surface area contributed by atoms with Crippen LogP contribution in [-0.4, -0.2) is 17.3 Å². The number of aliphatic hydroxyl groups is 1. The lowest BCUT2D eigenvalue weighted by Gasteiger charge is -2.57. The zero-order chi connectivity index (χ0) is 12.7. The van der Waals surface area contributed by atoms with Crippen molar-refractivity contribution >= 4 is 0 Å². The van der Waals surface area contributed by atoms with Crippen LogP contribution in [0.25, 0.3) is 0 Å². The van der Waals surface area contributed by atoms with Gasteiger partial charge in [0.05, 0.1) is 5.60 Å². The maximum atomic E-state index is 10.8. The minimum Gasteiger partial charge on any atom is -0.389 e. The van der Waals surface area contributed by atoms with Crippen molar-refractivity contribution in [2.75, 3.05) is 6.54 Å². The van der Waals surface area contributed by atoms with Gasteiger partial charge < -0.3 is 10.8 Å². The lowest BCUT2D eigenvalue weighted by Crippen LogP contribution is -2.60. The molecule has 100 valence electrons. The molecule has 0 aromatic carbocycles. The van der Waals surface area contributed by atoms with E-state index in [2.05, 4.69) is 20.8 Å². The molecule has 2 fully saturated rings. The summed E-state index contributed by atoms with van der Waals surface area (Å²) < 4.78 is 0. The lowest BCUT2D eigenvalue weighted by molar-refractivity contribution is -0.177. The number of hydrogen-bond donors (Lipinski definition) is 2. The summed E-state index contributed by atoms with van der Waals surface area (Å²) in [5, 5.41) is 10.8. The summed E-state index contributed by atoms with van der Waals surface area (Å²) >= 11 is 0. The molecule has 0 bridgehead atoms. The first-order valence-electron chi connectivity index (χ1n) is 7.35. The standard InChI is InChI=1S/C15H29NO/c1-11(2)13-4-6-14(10-16,7-5-13)15(17)8-12(3)9-15/h11-13,17H,4-10,16H2,1-3H3. The van der Waals surface area contributed by atoms with Gasteiger partial charge in [-0.25, -0.2) is 0 Å². The molecule has 0 aromatic heterocycles. The highest BCUT2D eigenvalue weighted by Crippen LogP contribution is 2.56. The molecule has 17 heavy (non-hydrogen) atoms. The van der Waals surface area contributed by atoms with E-state index in [9.17, 15) is 5.11 Å². The van der Waals surface area contributed by atoms with Gasteiger partial charge >= 0.3 is 0 Å². The summed E-state index contributed by atoms with van der Waals surface area (Å²) in [6, 6.07) is 0. The van der Waals surface area contributed by atoms with E-state index in [0.717, 1.165) is 37.5 Å². The van der Waals surface area contributed by atoms with Gasteiger partial charge in [0.1, 0.15) is 0 Å². The molecule has 0 atom stereocenters. The van der Waals surface area contributed by atoms with Gasteiger partial charge in [0.15, 0.2) is 0 Å². The van der Waals surface area contributed by atoms with Crippen molar-refractivity contribution in [3.05, 3.63) is 0 Å². The summed E-state index contributed by atoms with van der Waals surface area (Å²) in [4.78, 5) is 0. The first kappa shape index (κ1) is 13.4. The van der Waals surface area contributed by atoms with Gasteiger partial charge in [-0.05, 0) is 56.3 Å². The lowest BCUT2D eigenvalue weighted by atomic mass is 9.51. The fourth-order valence-corrected chi connectivity index (χ4v) is 4.25. The monoisotopic (exact) mass is 239 g/mol. The summed E-state index contributed by atoms with van der Waals surface area (Å²) in [6.07, 6.45) is 6.72. The first-order chi connectivity index (χ1) is 7.92. The van der Waals surface area contributed by atoms with Crippen LogP contribution < -0.4 is 5.73 Å². The van der Waals surface area contributed by atoms with Crippen LogP contribution >= 0.6 is 0 Å². The van der Waals surface area contributed by atoms with Crippen molar-refractivity contribution in [2.45, 2.75) is 64.9 Å². The van der Waals surface area contributed by atoms with Gasteiger partial charge in [0.25, 0.3) is 0 Å². The Kier molecular flexibility index (Phi) is 3.57. The highest BCUT2D eigenvalue weighted by Gasteiger charge is 2.56. The van der Waals surface area contributed by atoms with Crippen LogP contribution in [0.1, 0.15) is 59.3 Å². The van der Waals surface area contributed by atoms with Gasteiger partial charge in [0, 0.05) is 12.0 Å². The minimum absolute atomic E-state index is 0.0326. The Balaban J connectivity index is 2.03. The molecule has 2 rings (SSSR count). The SMILES string of the molecule is CC1CC(O)(C2(CN)CCC(C(C)C)CC2)C1. The number of rotatable bonds is 3. The van der Waals surface area contributed by atoms with Crippen molar-refractivity contribution in [2.24, 2.45) is 28.9 Å². The summed E-state index contributed by atoms with van der Waals surface area (Å²) in [6.45, 7) is 7.54. The molecule has 0 aliphatic heterocycles. The maximum absolute atomic E-state index is 10.8. The molecule has 2 aliphatic carbocycles. The average Bonchev–Trinajstić information content (AvgIpc) is 2.27. The van der Waals surface area contributed by atoms with E-state index < -0.39 is 5.60 Å². The Labute approximate surface area is 106 Å². The summed E-state index contributed by atoms with van der Waals surface area (Å²) in [5.74, 6) is 2.31. The van der Waals surface area contributed by atoms with Crippen molar-refractivity contribution < 1.29 is 5.11 Å². The second-order valence-corrected chi connectivity index (χ2v) is 7.11. The Morgan fingerprint density at radius 3 is 2.12 bits per heavy atom. The Morgan fingerprint density at radius 2 is 1.76 bits per heavy atom. The molecule has 0 amide bonds.